The number of aryl methyl sites for hydroxylation is 1. The van der Waals surface area contributed by atoms with Crippen molar-refractivity contribution < 1.29 is 9.47 Å². The second-order valence-electron chi connectivity index (χ2n) is 6.70. The monoisotopic (exact) mass is 274 g/mol. The van der Waals surface area contributed by atoms with E-state index in [1.54, 1.807) is 12.7 Å². The van der Waals surface area contributed by atoms with Gasteiger partial charge < -0.3 is 9.47 Å². The molecule has 1 aliphatic carbocycles. The smallest absolute Gasteiger partial charge is 0.119 e. The fourth-order valence-electron chi connectivity index (χ4n) is 4.03. The van der Waals surface area contributed by atoms with Gasteiger partial charge in [-0.15, -0.1) is 0 Å². The fraction of sp³-hybridized carbons (Fsp3) is 0.667. The van der Waals surface area contributed by atoms with Crippen LogP contribution < -0.4 is 4.74 Å². The van der Waals surface area contributed by atoms with Gasteiger partial charge in [0, 0.05) is 6.61 Å². The zero-order chi connectivity index (χ0) is 14.1. The van der Waals surface area contributed by atoms with E-state index >= 15 is 0 Å². The van der Waals surface area contributed by atoms with Gasteiger partial charge >= 0.3 is 0 Å². The minimum Gasteiger partial charge on any atom is -0.497 e. The Kier molecular flexibility index (Phi) is 4.02. The lowest BCUT2D eigenvalue weighted by Gasteiger charge is -2.43. The molecule has 0 amide bonds. The molecule has 1 aromatic carbocycles. The first kappa shape index (κ1) is 13.9. The van der Waals surface area contributed by atoms with Crippen molar-refractivity contribution in [3.05, 3.63) is 29.3 Å². The predicted molar refractivity (Wildman–Crippen MR) is 81.4 cm³/mol. The van der Waals surface area contributed by atoms with E-state index in [9.17, 15) is 0 Å². The maximum absolute atomic E-state index is 6.09. The Balaban J connectivity index is 1.85. The van der Waals surface area contributed by atoms with Crippen molar-refractivity contribution in [1.29, 1.82) is 0 Å². The quantitative estimate of drug-likeness (QED) is 0.823. The van der Waals surface area contributed by atoms with Crippen molar-refractivity contribution in [1.82, 2.24) is 0 Å². The van der Waals surface area contributed by atoms with E-state index in [1.165, 1.54) is 31.2 Å². The number of benzene rings is 1. The highest BCUT2D eigenvalue weighted by atomic mass is 16.5. The van der Waals surface area contributed by atoms with Crippen molar-refractivity contribution >= 4 is 0 Å². The van der Waals surface area contributed by atoms with Crippen LogP contribution in [-0.4, -0.2) is 19.8 Å². The molecule has 3 atom stereocenters. The zero-order valence-corrected chi connectivity index (χ0v) is 12.9. The first-order valence-corrected chi connectivity index (χ1v) is 7.97. The Hall–Kier alpha value is -1.02. The van der Waals surface area contributed by atoms with Crippen LogP contribution in [0.3, 0.4) is 0 Å². The minimum atomic E-state index is 0.462. The van der Waals surface area contributed by atoms with Crippen LogP contribution in [0.4, 0.5) is 0 Å². The summed E-state index contributed by atoms with van der Waals surface area (Å²) in [5, 5.41) is 0. The summed E-state index contributed by atoms with van der Waals surface area (Å²) in [5.41, 5.74) is 3.05. The fourth-order valence-corrected chi connectivity index (χ4v) is 4.03. The topological polar surface area (TPSA) is 18.5 Å². The van der Waals surface area contributed by atoms with E-state index in [-0.39, 0.29) is 0 Å². The molecule has 1 aliphatic heterocycles. The van der Waals surface area contributed by atoms with E-state index in [0.29, 0.717) is 17.9 Å². The number of fused-ring (bicyclic) bond motifs is 3. The molecule has 1 heterocycles. The van der Waals surface area contributed by atoms with Gasteiger partial charge in [0.2, 0.25) is 0 Å². The summed E-state index contributed by atoms with van der Waals surface area (Å²) in [6.45, 7) is 5.52. The first-order valence-electron chi connectivity index (χ1n) is 7.97. The second-order valence-corrected chi connectivity index (χ2v) is 6.70. The molecule has 0 bridgehead atoms. The van der Waals surface area contributed by atoms with Crippen LogP contribution in [0.2, 0.25) is 0 Å². The molecular weight excluding hydrogens is 248 g/mol. The molecular formula is C18H26O2. The van der Waals surface area contributed by atoms with Gasteiger partial charge in [-0.3, -0.25) is 0 Å². The average Bonchev–Trinajstić information content (AvgIpc) is 2.46. The van der Waals surface area contributed by atoms with Crippen molar-refractivity contribution in [2.75, 3.05) is 13.7 Å². The standard InChI is InChI=1S/C18H26O2/c1-12(2)10-18-17-6-4-13-11-14(19-3)5-7-15(13)16(17)8-9-20-18/h5,7,11-12,16-18H,4,6,8-10H2,1-3H3/t16-,17+,18+/m0/s1. The van der Waals surface area contributed by atoms with E-state index in [2.05, 4.69) is 32.0 Å². The Bertz CT molecular complexity index is 466. The maximum Gasteiger partial charge on any atom is 0.119 e. The number of hydrogen-bond donors (Lipinski definition) is 0. The highest BCUT2D eigenvalue weighted by molar-refractivity contribution is 5.40. The summed E-state index contributed by atoms with van der Waals surface area (Å²) in [4.78, 5) is 0. The van der Waals surface area contributed by atoms with Crippen molar-refractivity contribution in [2.45, 2.75) is 51.6 Å². The molecule has 0 unspecified atom stereocenters. The third kappa shape index (κ3) is 2.58. The summed E-state index contributed by atoms with van der Waals surface area (Å²) in [5.74, 6) is 3.12. The summed E-state index contributed by atoms with van der Waals surface area (Å²) in [7, 11) is 1.75. The lowest BCUT2D eigenvalue weighted by Crippen LogP contribution is -2.38. The van der Waals surface area contributed by atoms with Crippen LogP contribution in [0.15, 0.2) is 18.2 Å². The summed E-state index contributed by atoms with van der Waals surface area (Å²) in [6.07, 6.45) is 5.28. The number of ether oxygens (including phenoxy) is 2. The average molecular weight is 274 g/mol. The molecule has 1 saturated heterocycles. The Morgan fingerprint density at radius 3 is 2.90 bits per heavy atom. The van der Waals surface area contributed by atoms with Gasteiger partial charge in [0.05, 0.1) is 13.2 Å². The molecule has 0 N–H and O–H groups in total. The minimum absolute atomic E-state index is 0.462. The first-order chi connectivity index (χ1) is 9.69. The molecule has 1 aromatic rings. The lowest BCUT2D eigenvalue weighted by atomic mass is 9.69. The van der Waals surface area contributed by atoms with Gasteiger partial charge in [-0.25, -0.2) is 0 Å². The van der Waals surface area contributed by atoms with Crippen molar-refractivity contribution in [3.8, 4) is 5.75 Å². The van der Waals surface area contributed by atoms with E-state index < -0.39 is 0 Å². The predicted octanol–water partition coefficient (Wildman–Crippen LogP) is 4.18. The van der Waals surface area contributed by atoms with Crippen LogP contribution in [0, 0.1) is 11.8 Å². The highest BCUT2D eigenvalue weighted by Gasteiger charge is 2.38. The summed E-state index contributed by atoms with van der Waals surface area (Å²) in [6, 6.07) is 6.65. The number of hydrogen-bond acceptors (Lipinski definition) is 2. The molecule has 2 heteroatoms. The van der Waals surface area contributed by atoms with Crippen LogP contribution in [0.1, 0.15) is 50.2 Å². The van der Waals surface area contributed by atoms with Gasteiger partial charge in [0.25, 0.3) is 0 Å². The molecule has 3 rings (SSSR count). The molecule has 0 radical (unpaired) electrons. The molecule has 1 fully saturated rings. The Morgan fingerprint density at radius 1 is 1.30 bits per heavy atom. The second kappa shape index (κ2) is 5.77. The maximum atomic E-state index is 6.09. The largest absolute Gasteiger partial charge is 0.497 e. The SMILES string of the molecule is COc1ccc2c(c1)CC[C@H]1[C@@H](CC(C)C)OCC[C@@H]21. The van der Waals surface area contributed by atoms with Crippen molar-refractivity contribution in [3.63, 3.8) is 0 Å². The van der Waals surface area contributed by atoms with E-state index in [4.69, 9.17) is 9.47 Å². The summed E-state index contributed by atoms with van der Waals surface area (Å²) < 4.78 is 11.5. The number of methoxy groups -OCH3 is 1. The number of rotatable bonds is 3. The van der Waals surface area contributed by atoms with Crippen molar-refractivity contribution in [2.24, 2.45) is 11.8 Å². The molecule has 20 heavy (non-hydrogen) atoms. The van der Waals surface area contributed by atoms with Gasteiger partial charge in [0.15, 0.2) is 0 Å². The van der Waals surface area contributed by atoms with Gasteiger partial charge in [-0.05, 0) is 66.7 Å². The normalized spacial score (nSPS) is 28.9. The third-order valence-electron chi connectivity index (χ3n) is 4.96. The lowest BCUT2D eigenvalue weighted by molar-refractivity contribution is -0.0534. The third-order valence-corrected chi connectivity index (χ3v) is 4.96. The van der Waals surface area contributed by atoms with E-state index in [1.807, 2.05) is 0 Å². The highest BCUT2D eigenvalue weighted by Crippen LogP contribution is 2.45. The molecule has 0 aromatic heterocycles. The molecule has 110 valence electrons. The Morgan fingerprint density at radius 2 is 2.15 bits per heavy atom. The van der Waals surface area contributed by atoms with Crippen LogP contribution >= 0.6 is 0 Å². The van der Waals surface area contributed by atoms with Gasteiger partial charge in [-0.2, -0.15) is 0 Å². The van der Waals surface area contributed by atoms with Crippen LogP contribution in [-0.2, 0) is 11.2 Å². The van der Waals surface area contributed by atoms with E-state index in [0.717, 1.165) is 18.3 Å². The molecule has 0 saturated carbocycles. The van der Waals surface area contributed by atoms with Gasteiger partial charge in [-0.1, -0.05) is 19.9 Å². The molecule has 0 spiro atoms. The zero-order valence-electron chi connectivity index (χ0n) is 12.9. The molecule has 2 aliphatic rings. The van der Waals surface area contributed by atoms with Gasteiger partial charge in [0.1, 0.15) is 5.75 Å². The Labute approximate surface area is 122 Å². The molecule has 2 nitrogen and oxygen atoms in total. The summed E-state index contributed by atoms with van der Waals surface area (Å²) >= 11 is 0. The van der Waals surface area contributed by atoms with Crippen LogP contribution in [0.25, 0.3) is 0 Å². The van der Waals surface area contributed by atoms with Crippen LogP contribution in [0.5, 0.6) is 5.75 Å².